The van der Waals surface area contributed by atoms with Gasteiger partial charge in [0, 0.05) is 0 Å². The second-order valence-corrected chi connectivity index (χ2v) is 6.07. The van der Waals surface area contributed by atoms with E-state index in [0.717, 1.165) is 5.46 Å². The molecule has 3 N–H and O–H groups in total. The second kappa shape index (κ2) is 4.88. The third kappa shape index (κ3) is 2.59. The largest absolute Gasteiger partial charge is 0.494 e. The van der Waals surface area contributed by atoms with E-state index in [4.69, 9.17) is 20.1 Å². The highest BCUT2D eigenvalue weighted by atomic mass is 16.7. The van der Waals surface area contributed by atoms with Gasteiger partial charge in [0.05, 0.1) is 11.2 Å². The molecular weight excluding hydrogens is 257 g/mol. The van der Waals surface area contributed by atoms with Crippen LogP contribution in [-0.2, 0) is 14.1 Å². The molecule has 0 radical (unpaired) electrons. The Kier molecular flexibility index (Phi) is 3.66. The van der Waals surface area contributed by atoms with Gasteiger partial charge in [-0.15, -0.1) is 0 Å². The van der Waals surface area contributed by atoms with Crippen LogP contribution in [0.25, 0.3) is 0 Å². The fraction of sp³-hybridized carbons (Fsp3) is 0.500. The maximum absolute atomic E-state index is 11.0. The van der Waals surface area contributed by atoms with Crippen LogP contribution in [-0.4, -0.2) is 29.4 Å². The summed E-state index contributed by atoms with van der Waals surface area (Å²) in [5.74, 6) is -1.06. The molecule has 6 heteroatoms. The SMILES string of the molecule is CC1(C)OB(c2cccc([C@H](N)C(=O)O)c2)OC1(C)C. The first kappa shape index (κ1) is 15.0. The number of aliphatic carboxylic acids is 1. The van der Waals surface area contributed by atoms with Gasteiger partial charge >= 0.3 is 13.1 Å². The Morgan fingerprint density at radius 3 is 2.30 bits per heavy atom. The molecule has 0 bridgehead atoms. The van der Waals surface area contributed by atoms with Crippen molar-refractivity contribution in [3.05, 3.63) is 29.8 Å². The molecule has 1 atom stereocenters. The van der Waals surface area contributed by atoms with Gasteiger partial charge in [-0.3, -0.25) is 4.79 Å². The molecule has 0 aromatic heterocycles. The van der Waals surface area contributed by atoms with E-state index in [0.29, 0.717) is 5.56 Å². The van der Waals surface area contributed by atoms with Gasteiger partial charge < -0.3 is 20.1 Å². The topological polar surface area (TPSA) is 81.8 Å². The van der Waals surface area contributed by atoms with Gasteiger partial charge in [-0.2, -0.15) is 0 Å². The summed E-state index contributed by atoms with van der Waals surface area (Å²) < 4.78 is 11.9. The number of carboxylic acids is 1. The van der Waals surface area contributed by atoms with Crippen LogP contribution in [0.15, 0.2) is 24.3 Å². The Morgan fingerprint density at radius 1 is 1.25 bits per heavy atom. The van der Waals surface area contributed by atoms with Gasteiger partial charge in [0.2, 0.25) is 0 Å². The van der Waals surface area contributed by atoms with Crippen molar-refractivity contribution in [2.24, 2.45) is 5.73 Å². The molecule has 1 heterocycles. The molecule has 0 saturated carbocycles. The zero-order chi connectivity index (χ0) is 15.1. The van der Waals surface area contributed by atoms with E-state index in [9.17, 15) is 4.79 Å². The van der Waals surface area contributed by atoms with E-state index in [1.54, 1.807) is 18.2 Å². The van der Waals surface area contributed by atoms with E-state index < -0.39 is 30.3 Å². The molecule has 0 amide bonds. The number of carbonyl (C=O) groups is 1. The number of rotatable bonds is 3. The van der Waals surface area contributed by atoms with Crippen molar-refractivity contribution >= 4 is 18.6 Å². The van der Waals surface area contributed by atoms with Crippen molar-refractivity contribution in [3.8, 4) is 0 Å². The first-order valence-corrected chi connectivity index (χ1v) is 6.58. The Bertz CT molecular complexity index is 514. The van der Waals surface area contributed by atoms with Gasteiger partial charge in [-0.25, -0.2) is 0 Å². The average Bonchev–Trinajstić information content (AvgIpc) is 2.57. The molecule has 20 heavy (non-hydrogen) atoms. The molecule has 0 unspecified atom stereocenters. The lowest BCUT2D eigenvalue weighted by Crippen LogP contribution is -2.41. The average molecular weight is 277 g/mol. The van der Waals surface area contributed by atoms with E-state index in [-0.39, 0.29) is 0 Å². The highest BCUT2D eigenvalue weighted by Gasteiger charge is 2.51. The summed E-state index contributed by atoms with van der Waals surface area (Å²) >= 11 is 0. The Labute approximate surface area is 119 Å². The zero-order valence-corrected chi connectivity index (χ0v) is 12.2. The van der Waals surface area contributed by atoms with Crippen LogP contribution in [0.3, 0.4) is 0 Å². The van der Waals surface area contributed by atoms with E-state index >= 15 is 0 Å². The van der Waals surface area contributed by atoms with Crippen LogP contribution in [0.4, 0.5) is 0 Å². The monoisotopic (exact) mass is 277 g/mol. The molecule has 1 fully saturated rings. The number of hydrogen-bond acceptors (Lipinski definition) is 4. The summed E-state index contributed by atoms with van der Waals surface area (Å²) in [7, 11) is -0.513. The van der Waals surface area contributed by atoms with Crippen molar-refractivity contribution < 1.29 is 19.2 Å². The van der Waals surface area contributed by atoms with Crippen LogP contribution in [0.1, 0.15) is 39.3 Å². The van der Waals surface area contributed by atoms with Gasteiger partial charge in [0.15, 0.2) is 0 Å². The van der Waals surface area contributed by atoms with Crippen molar-refractivity contribution in [2.75, 3.05) is 0 Å². The van der Waals surface area contributed by atoms with Crippen molar-refractivity contribution in [3.63, 3.8) is 0 Å². The summed E-state index contributed by atoms with van der Waals surface area (Å²) in [6, 6.07) is 5.98. The Morgan fingerprint density at radius 2 is 1.80 bits per heavy atom. The lowest BCUT2D eigenvalue weighted by Gasteiger charge is -2.32. The van der Waals surface area contributed by atoms with Gasteiger partial charge in [-0.1, -0.05) is 24.3 Å². The summed E-state index contributed by atoms with van der Waals surface area (Å²) in [6.07, 6.45) is 0. The minimum Gasteiger partial charge on any atom is -0.480 e. The molecule has 0 spiro atoms. The summed E-state index contributed by atoms with van der Waals surface area (Å²) in [5.41, 5.74) is 6.08. The fourth-order valence-electron chi connectivity index (χ4n) is 2.02. The standard InChI is InChI=1S/C14H20BNO4/c1-13(2)14(3,4)20-15(19-13)10-7-5-6-9(8-10)11(16)12(17)18/h5-8,11H,16H2,1-4H3,(H,17,18)/t11-/m0/s1. The number of carboxylic acid groups (broad SMARTS) is 1. The van der Waals surface area contributed by atoms with Crippen molar-refractivity contribution in [1.29, 1.82) is 0 Å². The molecule has 1 aromatic carbocycles. The van der Waals surface area contributed by atoms with Gasteiger partial charge in [0.1, 0.15) is 6.04 Å². The summed E-state index contributed by atoms with van der Waals surface area (Å²) in [4.78, 5) is 11.0. The predicted octanol–water partition coefficient (Wildman–Crippen LogP) is 1.07. The normalized spacial score (nSPS) is 21.8. The number of benzene rings is 1. The minimum atomic E-state index is -1.06. The molecule has 1 aliphatic heterocycles. The Balaban J connectivity index is 2.28. The molecule has 5 nitrogen and oxygen atoms in total. The maximum Gasteiger partial charge on any atom is 0.494 e. The molecule has 1 aromatic rings. The first-order valence-electron chi connectivity index (χ1n) is 6.58. The van der Waals surface area contributed by atoms with Crippen molar-refractivity contribution in [1.82, 2.24) is 0 Å². The van der Waals surface area contributed by atoms with E-state index in [1.165, 1.54) is 0 Å². The molecule has 1 aliphatic rings. The summed E-state index contributed by atoms with van der Waals surface area (Å²) in [6.45, 7) is 7.89. The quantitative estimate of drug-likeness (QED) is 0.808. The molecular formula is C14H20BNO4. The van der Waals surface area contributed by atoms with Crippen LogP contribution >= 0.6 is 0 Å². The van der Waals surface area contributed by atoms with Crippen LogP contribution < -0.4 is 11.2 Å². The maximum atomic E-state index is 11.0. The zero-order valence-electron chi connectivity index (χ0n) is 12.2. The molecule has 108 valence electrons. The molecule has 1 saturated heterocycles. The smallest absolute Gasteiger partial charge is 0.480 e. The highest BCUT2D eigenvalue weighted by molar-refractivity contribution is 6.62. The minimum absolute atomic E-state index is 0.428. The lowest BCUT2D eigenvalue weighted by molar-refractivity contribution is -0.138. The second-order valence-electron chi connectivity index (χ2n) is 6.07. The third-order valence-corrected chi connectivity index (χ3v) is 4.06. The van der Waals surface area contributed by atoms with Gasteiger partial charge in [0.25, 0.3) is 0 Å². The van der Waals surface area contributed by atoms with Crippen molar-refractivity contribution in [2.45, 2.75) is 44.9 Å². The molecule has 2 rings (SSSR count). The fourth-order valence-corrected chi connectivity index (χ4v) is 2.02. The van der Waals surface area contributed by atoms with Crippen LogP contribution in [0, 0.1) is 0 Å². The first-order chi connectivity index (χ1) is 9.14. The number of nitrogens with two attached hydrogens (primary N) is 1. The number of hydrogen-bond donors (Lipinski definition) is 2. The third-order valence-electron chi connectivity index (χ3n) is 4.06. The highest BCUT2D eigenvalue weighted by Crippen LogP contribution is 2.36. The van der Waals surface area contributed by atoms with Gasteiger partial charge in [-0.05, 0) is 38.7 Å². The van der Waals surface area contributed by atoms with E-state index in [1.807, 2.05) is 33.8 Å². The Hall–Kier alpha value is -1.37. The van der Waals surface area contributed by atoms with Crippen LogP contribution in [0.5, 0.6) is 0 Å². The lowest BCUT2D eigenvalue weighted by atomic mass is 9.78. The van der Waals surface area contributed by atoms with Crippen LogP contribution in [0.2, 0.25) is 0 Å². The van der Waals surface area contributed by atoms with E-state index in [2.05, 4.69) is 0 Å². The predicted molar refractivity (Wildman–Crippen MR) is 76.7 cm³/mol. The summed E-state index contributed by atoms with van der Waals surface area (Å²) in [5, 5.41) is 8.97. The molecule has 0 aliphatic carbocycles.